The van der Waals surface area contributed by atoms with Crippen LogP contribution in [0.5, 0.6) is 0 Å². The van der Waals surface area contributed by atoms with Crippen LogP contribution in [-0.4, -0.2) is 10.9 Å². The Bertz CT molecular complexity index is 806. The summed E-state index contributed by atoms with van der Waals surface area (Å²) in [5.41, 5.74) is 3.73. The normalized spacial score (nSPS) is 10.8. The fraction of sp³-hybridized carbons (Fsp3) is 0.222. The zero-order valence-electron chi connectivity index (χ0n) is 12.7. The number of aryl methyl sites for hydroxylation is 2. The van der Waals surface area contributed by atoms with Gasteiger partial charge in [-0.3, -0.25) is 4.79 Å². The van der Waals surface area contributed by atoms with E-state index in [0.29, 0.717) is 5.56 Å². The van der Waals surface area contributed by atoms with Crippen molar-refractivity contribution in [1.29, 1.82) is 0 Å². The lowest BCUT2D eigenvalue weighted by molar-refractivity contribution is 0.102. The Hall–Kier alpha value is -2.20. The lowest BCUT2D eigenvalue weighted by Gasteiger charge is -2.06. The van der Waals surface area contributed by atoms with Gasteiger partial charge in [-0.2, -0.15) is 0 Å². The predicted molar refractivity (Wildman–Crippen MR) is 92.7 cm³/mol. The number of thiazole rings is 1. The summed E-state index contributed by atoms with van der Waals surface area (Å²) >= 11 is 1.63. The van der Waals surface area contributed by atoms with E-state index in [2.05, 4.69) is 17.2 Å². The molecule has 0 saturated carbocycles. The molecule has 1 aromatic heterocycles. The van der Waals surface area contributed by atoms with Crippen molar-refractivity contribution in [1.82, 2.24) is 4.98 Å². The van der Waals surface area contributed by atoms with Crippen LogP contribution in [0.3, 0.4) is 0 Å². The lowest BCUT2D eigenvalue weighted by atomic mass is 10.1. The topological polar surface area (TPSA) is 42.0 Å². The molecule has 0 aliphatic rings. The molecule has 1 N–H and O–H groups in total. The van der Waals surface area contributed by atoms with Gasteiger partial charge in [0.05, 0.1) is 15.2 Å². The molecule has 22 heavy (non-hydrogen) atoms. The van der Waals surface area contributed by atoms with Gasteiger partial charge in [0.25, 0.3) is 5.91 Å². The average molecular weight is 310 g/mol. The van der Waals surface area contributed by atoms with Gasteiger partial charge in [-0.1, -0.05) is 25.5 Å². The first-order valence-electron chi connectivity index (χ1n) is 7.43. The third-order valence-corrected chi connectivity index (χ3v) is 4.44. The van der Waals surface area contributed by atoms with Crippen LogP contribution < -0.4 is 5.32 Å². The van der Waals surface area contributed by atoms with Gasteiger partial charge in [-0.05, 0) is 49.2 Å². The van der Waals surface area contributed by atoms with Crippen molar-refractivity contribution in [3.8, 4) is 0 Å². The van der Waals surface area contributed by atoms with Crippen LogP contribution in [0.25, 0.3) is 10.2 Å². The lowest BCUT2D eigenvalue weighted by Crippen LogP contribution is -2.11. The van der Waals surface area contributed by atoms with Crippen molar-refractivity contribution in [3.05, 3.63) is 58.6 Å². The Morgan fingerprint density at radius 2 is 1.95 bits per heavy atom. The molecule has 0 saturated heterocycles. The number of hydrogen-bond donors (Lipinski definition) is 1. The summed E-state index contributed by atoms with van der Waals surface area (Å²) < 4.78 is 1.09. The first kappa shape index (κ1) is 14.7. The molecule has 0 atom stereocenters. The van der Waals surface area contributed by atoms with Crippen molar-refractivity contribution >= 4 is 33.1 Å². The zero-order chi connectivity index (χ0) is 15.5. The highest BCUT2D eigenvalue weighted by atomic mass is 32.1. The summed E-state index contributed by atoms with van der Waals surface area (Å²) in [6.45, 7) is 4.14. The second kappa shape index (κ2) is 6.28. The fourth-order valence-electron chi connectivity index (χ4n) is 2.43. The van der Waals surface area contributed by atoms with Crippen LogP contribution in [0.4, 0.5) is 5.69 Å². The number of fused-ring (bicyclic) bond motifs is 1. The molecule has 112 valence electrons. The van der Waals surface area contributed by atoms with Crippen molar-refractivity contribution in [2.75, 3.05) is 5.32 Å². The molecular weight excluding hydrogens is 292 g/mol. The zero-order valence-corrected chi connectivity index (χ0v) is 13.5. The number of anilines is 1. The van der Waals surface area contributed by atoms with Gasteiger partial charge < -0.3 is 5.32 Å². The monoisotopic (exact) mass is 310 g/mol. The van der Waals surface area contributed by atoms with E-state index in [1.54, 1.807) is 11.3 Å². The molecule has 0 bridgehead atoms. The SMILES string of the molecule is CCCc1ccc(C(=O)Nc2ccc3nc(C)sc3c2)cc1. The fourth-order valence-corrected chi connectivity index (χ4v) is 3.30. The maximum atomic E-state index is 12.3. The number of aromatic nitrogens is 1. The second-order valence-corrected chi connectivity index (χ2v) is 6.55. The summed E-state index contributed by atoms with van der Waals surface area (Å²) in [6, 6.07) is 13.6. The number of benzene rings is 2. The number of amides is 1. The first-order valence-corrected chi connectivity index (χ1v) is 8.25. The summed E-state index contributed by atoms with van der Waals surface area (Å²) in [5, 5.41) is 3.98. The van der Waals surface area contributed by atoms with E-state index >= 15 is 0 Å². The smallest absolute Gasteiger partial charge is 0.255 e. The second-order valence-electron chi connectivity index (χ2n) is 5.32. The molecule has 2 aromatic carbocycles. The third kappa shape index (κ3) is 3.17. The Morgan fingerprint density at radius 3 is 2.68 bits per heavy atom. The number of nitrogens with one attached hydrogen (secondary N) is 1. The van der Waals surface area contributed by atoms with Crippen LogP contribution in [0, 0.1) is 6.92 Å². The highest BCUT2D eigenvalue weighted by molar-refractivity contribution is 7.18. The largest absolute Gasteiger partial charge is 0.322 e. The van der Waals surface area contributed by atoms with Crippen LogP contribution in [0.15, 0.2) is 42.5 Å². The molecule has 3 aromatic rings. The maximum absolute atomic E-state index is 12.3. The van der Waals surface area contributed by atoms with Crippen LogP contribution in [-0.2, 0) is 6.42 Å². The van der Waals surface area contributed by atoms with E-state index in [-0.39, 0.29) is 5.91 Å². The van der Waals surface area contributed by atoms with Gasteiger partial charge in [0.1, 0.15) is 0 Å². The molecule has 0 aliphatic heterocycles. The molecule has 1 amide bonds. The number of nitrogens with zero attached hydrogens (tertiary/aromatic N) is 1. The first-order chi connectivity index (χ1) is 10.7. The van der Waals surface area contributed by atoms with E-state index in [1.807, 2.05) is 49.4 Å². The summed E-state index contributed by atoms with van der Waals surface area (Å²) in [6.07, 6.45) is 2.16. The molecule has 0 fully saturated rings. The molecule has 4 heteroatoms. The third-order valence-electron chi connectivity index (χ3n) is 3.51. The van der Waals surface area contributed by atoms with Gasteiger partial charge >= 0.3 is 0 Å². The van der Waals surface area contributed by atoms with Crippen molar-refractivity contribution < 1.29 is 4.79 Å². The van der Waals surface area contributed by atoms with Gasteiger partial charge in [0.2, 0.25) is 0 Å². The summed E-state index contributed by atoms with van der Waals surface area (Å²) in [7, 11) is 0. The average Bonchev–Trinajstić information content (AvgIpc) is 2.87. The Labute approximate surface area is 134 Å². The number of hydrogen-bond acceptors (Lipinski definition) is 3. The molecule has 0 spiro atoms. The van der Waals surface area contributed by atoms with Gasteiger partial charge in [0, 0.05) is 11.3 Å². The molecule has 0 radical (unpaired) electrons. The van der Waals surface area contributed by atoms with Gasteiger partial charge in [-0.25, -0.2) is 4.98 Å². The maximum Gasteiger partial charge on any atom is 0.255 e. The van der Waals surface area contributed by atoms with Crippen LogP contribution in [0.2, 0.25) is 0 Å². The number of carbonyl (C=O) groups is 1. The summed E-state index contributed by atoms with van der Waals surface area (Å²) in [4.78, 5) is 16.7. The van der Waals surface area contributed by atoms with E-state index < -0.39 is 0 Å². The number of carbonyl (C=O) groups excluding carboxylic acids is 1. The Morgan fingerprint density at radius 1 is 1.18 bits per heavy atom. The van der Waals surface area contributed by atoms with E-state index in [4.69, 9.17) is 0 Å². The Balaban J connectivity index is 1.76. The van der Waals surface area contributed by atoms with Crippen LogP contribution in [0.1, 0.15) is 34.3 Å². The van der Waals surface area contributed by atoms with E-state index in [9.17, 15) is 4.79 Å². The van der Waals surface area contributed by atoms with E-state index in [0.717, 1.165) is 33.8 Å². The molecule has 1 heterocycles. The molecule has 3 rings (SSSR count). The van der Waals surface area contributed by atoms with Crippen molar-refractivity contribution in [2.24, 2.45) is 0 Å². The molecule has 3 nitrogen and oxygen atoms in total. The minimum Gasteiger partial charge on any atom is -0.322 e. The quantitative estimate of drug-likeness (QED) is 0.751. The van der Waals surface area contributed by atoms with Crippen LogP contribution >= 0.6 is 11.3 Å². The van der Waals surface area contributed by atoms with Gasteiger partial charge in [-0.15, -0.1) is 11.3 Å². The summed E-state index contributed by atoms with van der Waals surface area (Å²) in [5.74, 6) is -0.0800. The van der Waals surface area contributed by atoms with E-state index in [1.165, 1.54) is 5.56 Å². The molecular formula is C18H18N2OS. The molecule has 0 unspecified atom stereocenters. The van der Waals surface area contributed by atoms with Gasteiger partial charge in [0.15, 0.2) is 0 Å². The highest BCUT2D eigenvalue weighted by Gasteiger charge is 2.07. The highest BCUT2D eigenvalue weighted by Crippen LogP contribution is 2.25. The number of rotatable bonds is 4. The van der Waals surface area contributed by atoms with Crippen molar-refractivity contribution in [2.45, 2.75) is 26.7 Å². The minimum absolute atomic E-state index is 0.0800. The molecule has 0 aliphatic carbocycles. The van der Waals surface area contributed by atoms with Crippen molar-refractivity contribution in [3.63, 3.8) is 0 Å². The minimum atomic E-state index is -0.0800. The standard InChI is InChI=1S/C18H18N2OS/c1-3-4-13-5-7-14(8-6-13)18(21)20-15-9-10-16-17(11-15)22-12(2)19-16/h5-11H,3-4H2,1-2H3,(H,20,21). The Kier molecular flexibility index (Phi) is 4.20. The predicted octanol–water partition coefficient (Wildman–Crippen LogP) is 4.81.